The molecule has 1 aromatic carbocycles. The molecule has 0 saturated carbocycles. The van der Waals surface area contributed by atoms with Crippen LogP contribution in [-0.2, 0) is 4.79 Å². The predicted molar refractivity (Wildman–Crippen MR) is 81.9 cm³/mol. The molecule has 18 heavy (non-hydrogen) atoms. The summed E-state index contributed by atoms with van der Waals surface area (Å²) in [4.78, 5) is 15.1. The van der Waals surface area contributed by atoms with Crippen LogP contribution >= 0.6 is 34.8 Å². The van der Waals surface area contributed by atoms with Crippen molar-refractivity contribution in [3.8, 4) is 5.75 Å². The minimum Gasteiger partial charge on any atom is -0.507 e. The van der Waals surface area contributed by atoms with Crippen LogP contribution in [0.25, 0.3) is 6.08 Å². The number of benzene rings is 1. The summed E-state index contributed by atoms with van der Waals surface area (Å²) in [5.74, 6) is 0.113. The molecule has 0 aliphatic carbocycles. The third kappa shape index (κ3) is 2.22. The van der Waals surface area contributed by atoms with Gasteiger partial charge in [0.2, 0.25) is 0 Å². The van der Waals surface area contributed by atoms with E-state index in [0.29, 0.717) is 10.8 Å². The zero-order valence-corrected chi connectivity index (χ0v) is 12.8. The standard InChI is InChI=1S/C12H11IN2O2S/c1-14-9(11(17)15(2)12(14)18)6-7-3-4-10(16)8(13)5-7/h3-6,16H,1-2H3/b9-6-. The third-order valence-electron chi connectivity index (χ3n) is 2.73. The summed E-state index contributed by atoms with van der Waals surface area (Å²) in [6, 6.07) is 5.17. The van der Waals surface area contributed by atoms with E-state index in [9.17, 15) is 9.90 Å². The van der Waals surface area contributed by atoms with Crippen LogP contribution in [0, 0.1) is 3.57 Å². The lowest BCUT2D eigenvalue weighted by molar-refractivity contribution is -0.121. The number of thiocarbonyl (C=S) groups is 1. The Morgan fingerprint density at radius 2 is 2.00 bits per heavy atom. The Bertz CT molecular complexity index is 571. The number of hydrogen-bond donors (Lipinski definition) is 1. The van der Waals surface area contributed by atoms with Gasteiger partial charge in [-0.1, -0.05) is 6.07 Å². The van der Waals surface area contributed by atoms with Gasteiger partial charge in [-0.15, -0.1) is 0 Å². The van der Waals surface area contributed by atoms with Gasteiger partial charge in [0.15, 0.2) is 5.11 Å². The van der Waals surface area contributed by atoms with Crippen LogP contribution in [0.5, 0.6) is 5.75 Å². The molecule has 94 valence electrons. The fraction of sp³-hybridized carbons (Fsp3) is 0.167. The lowest BCUT2D eigenvalue weighted by Gasteiger charge is -2.11. The number of phenolic OH excluding ortho intramolecular Hbond substituents is 1. The number of likely N-dealkylation sites (N-methyl/N-ethyl adjacent to an activating group) is 2. The third-order valence-corrected chi connectivity index (χ3v) is 4.15. The van der Waals surface area contributed by atoms with Crippen molar-refractivity contribution in [3.05, 3.63) is 33.0 Å². The average molecular weight is 374 g/mol. The van der Waals surface area contributed by atoms with Crippen LogP contribution in [0.3, 0.4) is 0 Å². The van der Waals surface area contributed by atoms with E-state index in [1.807, 2.05) is 28.7 Å². The number of carbonyl (C=O) groups is 1. The first-order valence-electron chi connectivity index (χ1n) is 5.18. The van der Waals surface area contributed by atoms with Gasteiger partial charge in [-0.25, -0.2) is 0 Å². The van der Waals surface area contributed by atoms with Crippen molar-refractivity contribution in [2.75, 3.05) is 14.1 Å². The van der Waals surface area contributed by atoms with E-state index in [1.165, 1.54) is 4.90 Å². The van der Waals surface area contributed by atoms with Crippen molar-refractivity contribution < 1.29 is 9.90 Å². The van der Waals surface area contributed by atoms with E-state index in [1.54, 1.807) is 37.2 Å². The average Bonchev–Trinajstić information content (AvgIpc) is 2.52. The number of phenols is 1. The monoisotopic (exact) mass is 374 g/mol. The highest BCUT2D eigenvalue weighted by molar-refractivity contribution is 14.1. The molecule has 0 spiro atoms. The Morgan fingerprint density at radius 1 is 1.33 bits per heavy atom. The number of hydrogen-bond acceptors (Lipinski definition) is 3. The maximum absolute atomic E-state index is 12.0. The summed E-state index contributed by atoms with van der Waals surface area (Å²) in [6.45, 7) is 0. The van der Waals surface area contributed by atoms with Gasteiger partial charge >= 0.3 is 0 Å². The summed E-state index contributed by atoms with van der Waals surface area (Å²) in [7, 11) is 3.42. The molecule has 1 amide bonds. The molecule has 6 heteroatoms. The highest BCUT2D eigenvalue weighted by atomic mass is 127. The largest absolute Gasteiger partial charge is 0.507 e. The summed E-state index contributed by atoms with van der Waals surface area (Å²) >= 11 is 7.17. The maximum atomic E-state index is 12.0. The molecule has 0 aromatic heterocycles. The molecule has 1 fully saturated rings. The van der Waals surface area contributed by atoms with E-state index in [0.717, 1.165) is 9.13 Å². The van der Waals surface area contributed by atoms with Gasteiger partial charge in [0.1, 0.15) is 11.4 Å². The normalized spacial score (nSPS) is 18.1. The van der Waals surface area contributed by atoms with Crippen LogP contribution in [0.15, 0.2) is 23.9 Å². The number of carbonyl (C=O) groups excluding carboxylic acids is 1. The van der Waals surface area contributed by atoms with E-state index >= 15 is 0 Å². The van der Waals surface area contributed by atoms with Crippen molar-refractivity contribution in [3.63, 3.8) is 0 Å². The molecule has 0 radical (unpaired) electrons. The summed E-state index contributed by atoms with van der Waals surface area (Å²) < 4.78 is 0.742. The Hall–Kier alpha value is -1.15. The van der Waals surface area contributed by atoms with Crippen LogP contribution in [0.4, 0.5) is 0 Å². The van der Waals surface area contributed by atoms with Crippen LogP contribution in [0.1, 0.15) is 5.56 Å². The van der Waals surface area contributed by atoms with Gasteiger partial charge in [-0.2, -0.15) is 0 Å². The molecular formula is C12H11IN2O2S. The second-order valence-corrected chi connectivity index (χ2v) is 5.47. The molecule has 1 aliphatic rings. The molecular weight excluding hydrogens is 363 g/mol. The maximum Gasteiger partial charge on any atom is 0.276 e. The smallest absolute Gasteiger partial charge is 0.276 e. The number of rotatable bonds is 1. The lowest BCUT2D eigenvalue weighted by Crippen LogP contribution is -2.26. The van der Waals surface area contributed by atoms with Gasteiger partial charge in [-0.3, -0.25) is 9.69 Å². The Balaban J connectivity index is 2.42. The van der Waals surface area contributed by atoms with Crippen LogP contribution in [-0.4, -0.2) is 40.0 Å². The first-order valence-corrected chi connectivity index (χ1v) is 6.66. The van der Waals surface area contributed by atoms with E-state index in [4.69, 9.17) is 12.2 Å². The Morgan fingerprint density at radius 3 is 2.50 bits per heavy atom. The van der Waals surface area contributed by atoms with E-state index in [2.05, 4.69) is 0 Å². The molecule has 1 aromatic rings. The highest BCUT2D eigenvalue weighted by Gasteiger charge is 2.32. The van der Waals surface area contributed by atoms with Crippen molar-refractivity contribution >= 4 is 51.9 Å². The zero-order chi connectivity index (χ0) is 13.4. The SMILES string of the molecule is CN1C(=O)/C(=C/c2ccc(O)c(I)c2)N(C)C1=S. The van der Waals surface area contributed by atoms with Crippen molar-refractivity contribution in [1.82, 2.24) is 9.80 Å². The van der Waals surface area contributed by atoms with Gasteiger partial charge < -0.3 is 10.0 Å². The second kappa shape index (κ2) is 4.85. The molecule has 0 atom stereocenters. The van der Waals surface area contributed by atoms with Gasteiger partial charge in [-0.05, 0) is 58.6 Å². The predicted octanol–water partition coefficient (Wildman–Crippen LogP) is 2.03. The highest BCUT2D eigenvalue weighted by Crippen LogP contribution is 2.24. The minimum absolute atomic E-state index is 0.120. The molecule has 1 saturated heterocycles. The number of nitrogens with zero attached hydrogens (tertiary/aromatic N) is 2. The molecule has 4 nitrogen and oxygen atoms in total. The van der Waals surface area contributed by atoms with E-state index < -0.39 is 0 Å². The Labute approximate surface area is 124 Å². The van der Waals surface area contributed by atoms with Gasteiger partial charge in [0, 0.05) is 14.1 Å². The van der Waals surface area contributed by atoms with Gasteiger partial charge in [0.05, 0.1) is 3.57 Å². The second-order valence-electron chi connectivity index (χ2n) is 3.95. The molecule has 1 heterocycles. The van der Waals surface area contributed by atoms with Crippen molar-refractivity contribution in [2.45, 2.75) is 0 Å². The molecule has 0 unspecified atom stereocenters. The first-order chi connectivity index (χ1) is 8.41. The van der Waals surface area contributed by atoms with E-state index in [-0.39, 0.29) is 11.7 Å². The fourth-order valence-corrected chi connectivity index (χ4v) is 2.38. The molecule has 1 aliphatic heterocycles. The number of halogens is 1. The number of amides is 1. The number of aromatic hydroxyl groups is 1. The molecule has 1 N–H and O–H groups in total. The van der Waals surface area contributed by atoms with Crippen LogP contribution in [0.2, 0.25) is 0 Å². The minimum atomic E-state index is -0.120. The fourth-order valence-electron chi connectivity index (χ4n) is 1.66. The van der Waals surface area contributed by atoms with Gasteiger partial charge in [0.25, 0.3) is 5.91 Å². The summed E-state index contributed by atoms with van der Waals surface area (Å²) in [5, 5.41) is 9.94. The zero-order valence-electron chi connectivity index (χ0n) is 9.85. The molecule has 2 rings (SSSR count). The summed E-state index contributed by atoms with van der Waals surface area (Å²) in [5.41, 5.74) is 1.38. The quantitative estimate of drug-likeness (QED) is 0.464. The summed E-state index contributed by atoms with van der Waals surface area (Å²) in [6.07, 6.45) is 1.76. The first kappa shape index (κ1) is 13.3. The Kier molecular flexibility index (Phi) is 3.58. The van der Waals surface area contributed by atoms with Crippen molar-refractivity contribution in [2.24, 2.45) is 0 Å². The molecule has 0 bridgehead atoms. The topological polar surface area (TPSA) is 43.8 Å². The van der Waals surface area contributed by atoms with Crippen molar-refractivity contribution in [1.29, 1.82) is 0 Å². The van der Waals surface area contributed by atoms with Crippen LogP contribution < -0.4 is 0 Å². The lowest BCUT2D eigenvalue weighted by atomic mass is 10.2.